The number of allylic oxidation sites excluding steroid dienone is 4. The minimum atomic E-state index is -0.953. The lowest BCUT2D eigenvalue weighted by atomic mass is 10.1. The molecule has 0 rings (SSSR count). The number of hydrogen-bond acceptors (Lipinski definition) is 1. The first-order valence-corrected chi connectivity index (χ1v) is 3.49. The highest BCUT2D eigenvalue weighted by Gasteiger charge is 2.06. The van der Waals surface area contributed by atoms with Gasteiger partial charge in [-0.2, -0.15) is 0 Å². The van der Waals surface area contributed by atoms with Crippen LogP contribution >= 0.6 is 0 Å². The molecule has 0 saturated heterocycles. The Morgan fingerprint density at radius 1 is 1.25 bits per heavy atom. The maximum Gasteiger partial charge on any atom is 0.335 e. The van der Waals surface area contributed by atoms with E-state index < -0.39 is 5.97 Å². The Kier molecular flexibility index (Phi) is 4.46. The summed E-state index contributed by atoms with van der Waals surface area (Å²) in [5.74, 6) is -0.953. The molecule has 0 amide bonds. The molecular weight excluding hydrogens is 152 g/mol. The Hall–Kier alpha value is -1.57. The number of rotatable bonds is 4. The van der Waals surface area contributed by atoms with Crippen LogP contribution in [0.5, 0.6) is 0 Å². The lowest BCUT2D eigenvalue weighted by molar-refractivity contribution is -0.132. The molecule has 0 radical (unpaired) electrons. The zero-order valence-corrected chi connectivity index (χ0v) is 7.08. The monoisotopic (exact) mass is 164 g/mol. The van der Waals surface area contributed by atoms with Crippen molar-refractivity contribution in [2.45, 2.75) is 6.92 Å². The lowest BCUT2D eigenvalue weighted by Gasteiger charge is -1.99. The highest BCUT2D eigenvalue weighted by Crippen LogP contribution is 2.09. The molecule has 2 nitrogen and oxygen atoms in total. The van der Waals surface area contributed by atoms with Crippen LogP contribution in [0.2, 0.25) is 0 Å². The van der Waals surface area contributed by atoms with Gasteiger partial charge in [-0.15, -0.1) is 0 Å². The molecule has 64 valence electrons. The molecule has 0 atom stereocenters. The summed E-state index contributed by atoms with van der Waals surface area (Å²) < 4.78 is 0. The number of aliphatic carboxylic acids is 1. The zero-order valence-electron chi connectivity index (χ0n) is 7.08. The van der Waals surface area contributed by atoms with Crippen LogP contribution in [0, 0.1) is 0 Å². The predicted octanol–water partition coefficient (Wildman–Crippen LogP) is 2.32. The molecule has 0 bridgehead atoms. The van der Waals surface area contributed by atoms with Gasteiger partial charge in [-0.05, 0) is 18.6 Å². The molecule has 0 aromatic heterocycles. The Bertz CT molecular complexity index is 257. The zero-order chi connectivity index (χ0) is 9.56. The van der Waals surface area contributed by atoms with Crippen molar-refractivity contribution in [2.75, 3.05) is 0 Å². The summed E-state index contributed by atoms with van der Waals surface area (Å²) >= 11 is 0. The van der Waals surface area contributed by atoms with Crippen LogP contribution in [0.15, 0.2) is 48.6 Å². The number of carboxylic acid groups (broad SMARTS) is 1. The van der Waals surface area contributed by atoms with Gasteiger partial charge >= 0.3 is 5.97 Å². The third-order valence-electron chi connectivity index (χ3n) is 1.31. The summed E-state index contributed by atoms with van der Waals surface area (Å²) in [6, 6.07) is 0. The molecule has 0 saturated carbocycles. The summed E-state index contributed by atoms with van der Waals surface area (Å²) in [7, 11) is 0. The summed E-state index contributed by atoms with van der Waals surface area (Å²) in [6.07, 6.45) is 6.10. The van der Waals surface area contributed by atoms with Gasteiger partial charge in [0.2, 0.25) is 0 Å². The number of hydrogen-bond donors (Lipinski definition) is 1. The maximum atomic E-state index is 10.6. The van der Waals surface area contributed by atoms with Crippen LogP contribution in [0.3, 0.4) is 0 Å². The third-order valence-corrected chi connectivity index (χ3v) is 1.31. The van der Waals surface area contributed by atoms with E-state index in [1.807, 2.05) is 0 Å². The molecule has 2 heteroatoms. The lowest BCUT2D eigenvalue weighted by Crippen LogP contribution is -2.01. The van der Waals surface area contributed by atoms with Crippen LogP contribution in [0.4, 0.5) is 0 Å². The SMILES string of the molecule is C=C/C=C(C)\C(=C/C=C)C(=O)O. The van der Waals surface area contributed by atoms with Crippen LogP contribution in [0.1, 0.15) is 6.92 Å². The number of carbonyl (C=O) groups is 1. The van der Waals surface area contributed by atoms with E-state index in [2.05, 4.69) is 13.2 Å². The van der Waals surface area contributed by atoms with Crippen molar-refractivity contribution in [2.24, 2.45) is 0 Å². The highest BCUT2D eigenvalue weighted by molar-refractivity contribution is 5.92. The molecular formula is C10H12O2. The van der Waals surface area contributed by atoms with E-state index in [0.717, 1.165) is 0 Å². The average molecular weight is 164 g/mol. The molecule has 0 aromatic carbocycles. The maximum absolute atomic E-state index is 10.6. The van der Waals surface area contributed by atoms with Gasteiger partial charge in [0.05, 0.1) is 5.57 Å². The predicted molar refractivity (Wildman–Crippen MR) is 49.9 cm³/mol. The van der Waals surface area contributed by atoms with Gasteiger partial charge in [-0.3, -0.25) is 0 Å². The first-order chi connectivity index (χ1) is 5.63. The van der Waals surface area contributed by atoms with Crippen molar-refractivity contribution < 1.29 is 9.90 Å². The van der Waals surface area contributed by atoms with E-state index in [1.54, 1.807) is 19.1 Å². The normalized spacial score (nSPS) is 12.4. The largest absolute Gasteiger partial charge is 0.478 e. The Balaban J connectivity index is 4.87. The van der Waals surface area contributed by atoms with Gasteiger partial charge in [0.1, 0.15) is 0 Å². The van der Waals surface area contributed by atoms with Crippen LogP contribution < -0.4 is 0 Å². The molecule has 12 heavy (non-hydrogen) atoms. The van der Waals surface area contributed by atoms with E-state index >= 15 is 0 Å². The summed E-state index contributed by atoms with van der Waals surface area (Å²) in [5, 5.41) is 8.71. The van der Waals surface area contributed by atoms with E-state index in [1.165, 1.54) is 12.2 Å². The third kappa shape index (κ3) is 3.01. The van der Waals surface area contributed by atoms with Gasteiger partial charge in [-0.1, -0.05) is 31.4 Å². The van der Waals surface area contributed by atoms with E-state index in [9.17, 15) is 4.79 Å². The second kappa shape index (κ2) is 5.13. The van der Waals surface area contributed by atoms with Gasteiger partial charge in [0.15, 0.2) is 0 Å². The van der Waals surface area contributed by atoms with E-state index in [-0.39, 0.29) is 5.57 Å². The molecule has 0 heterocycles. The van der Waals surface area contributed by atoms with Crippen molar-refractivity contribution in [3.8, 4) is 0 Å². The summed E-state index contributed by atoms with van der Waals surface area (Å²) in [5.41, 5.74) is 0.905. The molecule has 0 unspecified atom stereocenters. The fourth-order valence-electron chi connectivity index (χ4n) is 0.756. The van der Waals surface area contributed by atoms with Gasteiger partial charge in [-0.25, -0.2) is 4.79 Å². The van der Waals surface area contributed by atoms with E-state index in [4.69, 9.17) is 5.11 Å². The van der Waals surface area contributed by atoms with Crippen LogP contribution in [-0.4, -0.2) is 11.1 Å². The van der Waals surface area contributed by atoms with Crippen LogP contribution in [0.25, 0.3) is 0 Å². The topological polar surface area (TPSA) is 37.3 Å². The summed E-state index contributed by atoms with van der Waals surface area (Å²) in [6.45, 7) is 8.63. The highest BCUT2D eigenvalue weighted by atomic mass is 16.4. The molecule has 0 aromatic rings. The molecule has 0 spiro atoms. The Morgan fingerprint density at radius 2 is 1.75 bits per heavy atom. The minimum absolute atomic E-state index is 0.241. The van der Waals surface area contributed by atoms with Gasteiger partial charge in [0, 0.05) is 0 Å². The molecule has 0 aliphatic carbocycles. The number of carboxylic acids is 1. The Morgan fingerprint density at radius 3 is 2.08 bits per heavy atom. The smallest absolute Gasteiger partial charge is 0.335 e. The summed E-state index contributed by atoms with van der Waals surface area (Å²) in [4.78, 5) is 10.6. The first kappa shape index (κ1) is 10.4. The van der Waals surface area contributed by atoms with E-state index in [0.29, 0.717) is 5.57 Å². The fraction of sp³-hybridized carbons (Fsp3) is 0.100. The van der Waals surface area contributed by atoms with Crippen molar-refractivity contribution in [3.63, 3.8) is 0 Å². The second-order valence-corrected chi connectivity index (χ2v) is 2.21. The van der Waals surface area contributed by atoms with Crippen molar-refractivity contribution in [1.29, 1.82) is 0 Å². The Labute approximate surface area is 72.2 Å². The van der Waals surface area contributed by atoms with Gasteiger partial charge < -0.3 is 5.11 Å². The second-order valence-electron chi connectivity index (χ2n) is 2.21. The van der Waals surface area contributed by atoms with Gasteiger partial charge in [0.25, 0.3) is 0 Å². The average Bonchev–Trinajstić information content (AvgIpc) is 1.99. The van der Waals surface area contributed by atoms with Crippen LogP contribution in [-0.2, 0) is 4.79 Å². The molecule has 0 fully saturated rings. The standard InChI is InChI=1S/C10H12O2/c1-4-6-8(3)9(7-5-2)10(11)12/h4-7H,1-2H2,3H3,(H,11,12)/b8-6-,9-7+. The molecule has 1 N–H and O–H groups in total. The van der Waals surface area contributed by atoms with Crippen molar-refractivity contribution in [3.05, 3.63) is 48.6 Å². The molecule has 0 aliphatic heterocycles. The van der Waals surface area contributed by atoms with Crippen molar-refractivity contribution in [1.82, 2.24) is 0 Å². The molecule has 0 aliphatic rings. The fourth-order valence-corrected chi connectivity index (χ4v) is 0.756. The van der Waals surface area contributed by atoms with Crippen molar-refractivity contribution >= 4 is 5.97 Å². The quantitative estimate of drug-likeness (QED) is 0.511. The first-order valence-electron chi connectivity index (χ1n) is 3.49. The minimum Gasteiger partial charge on any atom is -0.478 e.